The van der Waals surface area contributed by atoms with Gasteiger partial charge in [0.2, 0.25) is 0 Å². The Bertz CT molecular complexity index is 178. The van der Waals surface area contributed by atoms with Crippen LogP contribution in [-0.4, -0.2) is 0 Å². The summed E-state index contributed by atoms with van der Waals surface area (Å²) < 4.78 is 0. The van der Waals surface area contributed by atoms with Gasteiger partial charge in [-0.05, 0) is 36.0 Å². The van der Waals surface area contributed by atoms with Crippen molar-refractivity contribution in [2.75, 3.05) is 0 Å². The monoisotopic (exact) mass is 210 g/mol. The molecule has 1 fully saturated rings. The highest BCUT2D eigenvalue weighted by atomic mass is 14.5. The lowest BCUT2D eigenvalue weighted by Gasteiger charge is -2.22. The van der Waals surface area contributed by atoms with E-state index in [4.69, 9.17) is 0 Å². The molecule has 0 aliphatic heterocycles. The van der Waals surface area contributed by atoms with Crippen molar-refractivity contribution >= 4 is 0 Å². The van der Waals surface area contributed by atoms with Crippen molar-refractivity contribution < 1.29 is 0 Å². The number of hydrogen-bond acceptors (Lipinski definition) is 0. The largest absolute Gasteiger partial charge is 0.0654 e. The minimum atomic E-state index is 0.666. The molecular weight excluding hydrogens is 180 g/mol. The Hall–Kier alpha value is 0. The number of unbranched alkanes of at least 4 members (excludes halogenated alkanes) is 3. The minimum absolute atomic E-state index is 0.666. The Morgan fingerprint density at radius 2 is 1.73 bits per heavy atom. The number of rotatable bonds is 7. The van der Waals surface area contributed by atoms with Gasteiger partial charge in [-0.25, -0.2) is 0 Å². The average Bonchev–Trinajstić information content (AvgIpc) is 2.74. The molecule has 0 heteroatoms. The maximum Gasteiger partial charge on any atom is -0.0320 e. The molecule has 0 saturated heterocycles. The fourth-order valence-electron chi connectivity index (χ4n) is 3.04. The predicted octanol–water partition coefficient (Wildman–Crippen LogP) is 5.28. The van der Waals surface area contributed by atoms with Crippen LogP contribution in [0.25, 0.3) is 0 Å². The summed E-state index contributed by atoms with van der Waals surface area (Å²) in [4.78, 5) is 0. The third-order valence-electron chi connectivity index (χ3n) is 4.35. The zero-order valence-corrected chi connectivity index (χ0v) is 11.5. The van der Waals surface area contributed by atoms with Crippen molar-refractivity contribution in [3.05, 3.63) is 0 Å². The molecule has 0 aromatic rings. The molecule has 0 spiro atoms. The van der Waals surface area contributed by atoms with Crippen molar-refractivity contribution in [3.8, 4) is 0 Å². The van der Waals surface area contributed by atoms with E-state index in [1.165, 1.54) is 38.5 Å². The molecule has 1 rings (SSSR count). The fraction of sp³-hybridized carbons (Fsp3) is 1.00. The first-order chi connectivity index (χ1) is 6.99. The Kier molecular flexibility index (Phi) is 4.67. The molecule has 1 aliphatic carbocycles. The van der Waals surface area contributed by atoms with Gasteiger partial charge in [-0.2, -0.15) is 0 Å². The SMILES string of the molecule is CCCCCCC(C(C)C)C1CC1(C)C. The zero-order valence-electron chi connectivity index (χ0n) is 11.5. The van der Waals surface area contributed by atoms with E-state index in [1.54, 1.807) is 0 Å². The molecule has 0 radical (unpaired) electrons. The second-order valence-electron chi connectivity index (χ2n) is 6.56. The summed E-state index contributed by atoms with van der Waals surface area (Å²) in [7, 11) is 0. The van der Waals surface area contributed by atoms with Crippen molar-refractivity contribution in [1.82, 2.24) is 0 Å². The normalized spacial score (nSPS) is 25.6. The van der Waals surface area contributed by atoms with Crippen LogP contribution >= 0.6 is 0 Å². The topological polar surface area (TPSA) is 0 Å². The molecule has 1 saturated carbocycles. The first kappa shape index (κ1) is 13.1. The smallest absolute Gasteiger partial charge is 0.0320 e. The average molecular weight is 210 g/mol. The first-order valence-electron chi connectivity index (χ1n) is 6.99. The maximum atomic E-state index is 2.44. The summed E-state index contributed by atoms with van der Waals surface area (Å²) in [6.07, 6.45) is 8.66. The van der Waals surface area contributed by atoms with Gasteiger partial charge in [0.25, 0.3) is 0 Å². The Labute approximate surface area is 96.8 Å². The van der Waals surface area contributed by atoms with Crippen LogP contribution in [0.15, 0.2) is 0 Å². The quantitative estimate of drug-likeness (QED) is 0.502. The molecule has 0 amide bonds. The molecule has 0 aromatic heterocycles. The van der Waals surface area contributed by atoms with Gasteiger partial charge in [-0.15, -0.1) is 0 Å². The Balaban J connectivity index is 2.27. The van der Waals surface area contributed by atoms with Crippen LogP contribution in [0.4, 0.5) is 0 Å². The Morgan fingerprint density at radius 3 is 2.13 bits per heavy atom. The van der Waals surface area contributed by atoms with Gasteiger partial charge in [-0.3, -0.25) is 0 Å². The molecule has 0 bridgehead atoms. The maximum absolute atomic E-state index is 2.44. The standard InChI is InChI=1S/C15H30/c1-6-7-8-9-10-13(12(2)3)14-11-15(14,4)5/h12-14H,6-11H2,1-5H3. The minimum Gasteiger partial charge on any atom is -0.0654 e. The van der Waals surface area contributed by atoms with E-state index in [9.17, 15) is 0 Å². The second-order valence-corrected chi connectivity index (χ2v) is 6.56. The summed E-state index contributed by atoms with van der Waals surface area (Å²) in [6.45, 7) is 12.0. The van der Waals surface area contributed by atoms with Crippen LogP contribution in [0, 0.1) is 23.2 Å². The first-order valence-corrected chi connectivity index (χ1v) is 6.99. The third kappa shape index (κ3) is 3.81. The zero-order chi connectivity index (χ0) is 11.5. The van der Waals surface area contributed by atoms with Gasteiger partial charge >= 0.3 is 0 Å². The van der Waals surface area contributed by atoms with Crippen molar-refractivity contribution in [2.45, 2.75) is 73.1 Å². The molecule has 90 valence electrons. The summed E-state index contributed by atoms with van der Waals surface area (Å²) in [6, 6.07) is 0. The van der Waals surface area contributed by atoms with E-state index >= 15 is 0 Å². The van der Waals surface area contributed by atoms with Crippen LogP contribution < -0.4 is 0 Å². The van der Waals surface area contributed by atoms with Gasteiger partial charge in [-0.1, -0.05) is 60.3 Å². The summed E-state index contributed by atoms with van der Waals surface area (Å²) in [5, 5.41) is 0. The van der Waals surface area contributed by atoms with Gasteiger partial charge < -0.3 is 0 Å². The molecule has 2 unspecified atom stereocenters. The lowest BCUT2D eigenvalue weighted by molar-refractivity contribution is 0.274. The third-order valence-corrected chi connectivity index (χ3v) is 4.35. The summed E-state index contributed by atoms with van der Waals surface area (Å²) in [5.74, 6) is 2.91. The van der Waals surface area contributed by atoms with Gasteiger partial charge in [0, 0.05) is 0 Å². The molecule has 2 atom stereocenters. The Morgan fingerprint density at radius 1 is 1.13 bits per heavy atom. The second kappa shape index (κ2) is 5.37. The van der Waals surface area contributed by atoms with Crippen LogP contribution in [0.3, 0.4) is 0 Å². The van der Waals surface area contributed by atoms with Gasteiger partial charge in [0.15, 0.2) is 0 Å². The van der Waals surface area contributed by atoms with Crippen LogP contribution in [0.2, 0.25) is 0 Å². The van der Waals surface area contributed by atoms with E-state index in [0.29, 0.717) is 5.41 Å². The van der Waals surface area contributed by atoms with E-state index < -0.39 is 0 Å². The van der Waals surface area contributed by atoms with Crippen molar-refractivity contribution in [1.29, 1.82) is 0 Å². The molecular formula is C15H30. The predicted molar refractivity (Wildman–Crippen MR) is 69.0 cm³/mol. The molecule has 0 N–H and O–H groups in total. The highest BCUT2D eigenvalue weighted by molar-refractivity contribution is 4.99. The van der Waals surface area contributed by atoms with Crippen molar-refractivity contribution in [3.63, 3.8) is 0 Å². The van der Waals surface area contributed by atoms with Gasteiger partial charge in [0.05, 0.1) is 0 Å². The molecule has 1 aliphatic rings. The summed E-state index contributed by atoms with van der Waals surface area (Å²) >= 11 is 0. The van der Waals surface area contributed by atoms with Gasteiger partial charge in [0.1, 0.15) is 0 Å². The van der Waals surface area contributed by atoms with Crippen LogP contribution in [0.1, 0.15) is 73.1 Å². The number of hydrogen-bond donors (Lipinski definition) is 0. The lowest BCUT2D eigenvalue weighted by atomic mass is 9.83. The highest BCUT2D eigenvalue weighted by Crippen LogP contribution is 2.58. The van der Waals surface area contributed by atoms with E-state index in [1.807, 2.05) is 0 Å². The van der Waals surface area contributed by atoms with E-state index in [2.05, 4.69) is 34.6 Å². The molecule has 15 heavy (non-hydrogen) atoms. The van der Waals surface area contributed by atoms with Crippen molar-refractivity contribution in [2.24, 2.45) is 23.2 Å². The summed E-state index contributed by atoms with van der Waals surface area (Å²) in [5.41, 5.74) is 0.666. The van der Waals surface area contributed by atoms with E-state index in [-0.39, 0.29) is 0 Å². The van der Waals surface area contributed by atoms with Crippen LogP contribution in [-0.2, 0) is 0 Å². The fourth-order valence-corrected chi connectivity index (χ4v) is 3.04. The molecule has 0 heterocycles. The highest BCUT2D eigenvalue weighted by Gasteiger charge is 2.50. The van der Waals surface area contributed by atoms with E-state index in [0.717, 1.165) is 17.8 Å². The lowest BCUT2D eigenvalue weighted by Crippen LogP contribution is -2.14. The molecule has 0 nitrogen and oxygen atoms in total. The van der Waals surface area contributed by atoms with Crippen LogP contribution in [0.5, 0.6) is 0 Å². The molecule has 0 aromatic carbocycles.